The highest BCUT2D eigenvalue weighted by atomic mass is 16.5. The van der Waals surface area contributed by atoms with Gasteiger partial charge >= 0.3 is 5.97 Å². The molecule has 1 N–H and O–H groups in total. The minimum atomic E-state index is -0.308. The van der Waals surface area contributed by atoms with Crippen LogP contribution in [0.25, 0.3) is 0 Å². The Morgan fingerprint density at radius 3 is 2.44 bits per heavy atom. The largest absolute Gasteiger partial charge is 0.465 e. The van der Waals surface area contributed by atoms with Gasteiger partial charge in [-0.2, -0.15) is 0 Å². The lowest BCUT2D eigenvalue weighted by Gasteiger charge is -2.05. The third-order valence-corrected chi connectivity index (χ3v) is 2.04. The predicted octanol–water partition coefficient (Wildman–Crippen LogP) is 1.80. The van der Waals surface area contributed by atoms with Gasteiger partial charge in [-0.05, 0) is 19.8 Å². The van der Waals surface area contributed by atoms with Gasteiger partial charge < -0.3 is 10.1 Å². The van der Waals surface area contributed by atoms with Crippen LogP contribution in [0.3, 0.4) is 0 Å². The quantitative estimate of drug-likeness (QED) is 0.507. The first-order valence-electron chi connectivity index (χ1n) is 5.76. The standard InChI is InChI=1S/C12H21NO3/c1-4-7-11(14)10(5-2)8-13-9-12(15)16-6-3/h8,13H,4-7,9H2,1-3H3/b10-8+. The predicted molar refractivity (Wildman–Crippen MR) is 62.9 cm³/mol. The number of ether oxygens (including phenoxy) is 1. The summed E-state index contributed by atoms with van der Waals surface area (Å²) in [5.74, 6) is -0.168. The van der Waals surface area contributed by atoms with E-state index >= 15 is 0 Å². The van der Waals surface area contributed by atoms with Crippen LogP contribution in [0, 0.1) is 0 Å². The van der Waals surface area contributed by atoms with Gasteiger partial charge in [0.15, 0.2) is 5.78 Å². The Morgan fingerprint density at radius 1 is 1.25 bits per heavy atom. The summed E-state index contributed by atoms with van der Waals surface area (Å²) in [4.78, 5) is 22.6. The second-order valence-electron chi connectivity index (χ2n) is 3.38. The summed E-state index contributed by atoms with van der Waals surface area (Å²) in [6, 6.07) is 0. The van der Waals surface area contributed by atoms with Crippen LogP contribution in [0.2, 0.25) is 0 Å². The molecule has 0 bridgehead atoms. The van der Waals surface area contributed by atoms with Gasteiger partial charge in [0.1, 0.15) is 6.54 Å². The molecule has 16 heavy (non-hydrogen) atoms. The van der Waals surface area contributed by atoms with Gasteiger partial charge in [-0.1, -0.05) is 13.8 Å². The molecular weight excluding hydrogens is 206 g/mol. The van der Waals surface area contributed by atoms with Gasteiger partial charge in [-0.3, -0.25) is 9.59 Å². The average molecular weight is 227 g/mol. The van der Waals surface area contributed by atoms with Gasteiger partial charge in [-0.15, -0.1) is 0 Å². The smallest absolute Gasteiger partial charge is 0.325 e. The number of carbonyl (C=O) groups excluding carboxylic acids is 2. The molecule has 0 atom stereocenters. The van der Waals surface area contributed by atoms with Crippen LogP contribution in [-0.4, -0.2) is 24.9 Å². The van der Waals surface area contributed by atoms with Crippen LogP contribution in [0.1, 0.15) is 40.0 Å². The Balaban J connectivity index is 4.07. The lowest BCUT2D eigenvalue weighted by Crippen LogP contribution is -2.21. The molecule has 92 valence electrons. The van der Waals surface area contributed by atoms with Gasteiger partial charge in [0.05, 0.1) is 6.61 Å². The second kappa shape index (κ2) is 8.95. The molecule has 0 unspecified atom stereocenters. The third kappa shape index (κ3) is 6.22. The topological polar surface area (TPSA) is 55.4 Å². The normalized spacial score (nSPS) is 11.1. The summed E-state index contributed by atoms with van der Waals surface area (Å²) >= 11 is 0. The second-order valence-corrected chi connectivity index (χ2v) is 3.38. The summed E-state index contributed by atoms with van der Waals surface area (Å²) in [6.07, 6.45) is 3.69. The van der Waals surface area contributed by atoms with Crippen molar-refractivity contribution in [2.24, 2.45) is 0 Å². The van der Waals surface area contributed by atoms with Gasteiger partial charge in [0.25, 0.3) is 0 Å². The fourth-order valence-corrected chi connectivity index (χ4v) is 1.24. The van der Waals surface area contributed by atoms with E-state index < -0.39 is 0 Å². The van der Waals surface area contributed by atoms with Crippen LogP contribution in [-0.2, 0) is 14.3 Å². The molecule has 0 aliphatic rings. The minimum Gasteiger partial charge on any atom is -0.465 e. The van der Waals surface area contributed by atoms with Crippen molar-refractivity contribution in [2.45, 2.75) is 40.0 Å². The molecule has 0 aromatic rings. The molecule has 4 heteroatoms. The first-order valence-corrected chi connectivity index (χ1v) is 5.76. The molecule has 0 saturated heterocycles. The summed E-state index contributed by atoms with van der Waals surface area (Å²) < 4.78 is 4.75. The van der Waals surface area contributed by atoms with E-state index in [0.717, 1.165) is 12.0 Å². The molecule has 0 amide bonds. The Hall–Kier alpha value is -1.32. The SMILES string of the molecule is CCCC(=O)/C(=C/NCC(=O)OCC)CC. The summed E-state index contributed by atoms with van der Waals surface area (Å²) in [7, 11) is 0. The number of carbonyl (C=O) groups is 2. The van der Waals surface area contributed by atoms with Gasteiger partial charge in [0.2, 0.25) is 0 Å². The van der Waals surface area contributed by atoms with Crippen molar-refractivity contribution in [1.82, 2.24) is 5.32 Å². The van der Waals surface area contributed by atoms with E-state index in [1.807, 2.05) is 13.8 Å². The minimum absolute atomic E-state index is 0.108. The molecule has 0 aliphatic carbocycles. The van der Waals surface area contributed by atoms with E-state index in [4.69, 9.17) is 4.74 Å². The van der Waals surface area contributed by atoms with E-state index in [2.05, 4.69) is 5.32 Å². The van der Waals surface area contributed by atoms with Crippen molar-refractivity contribution in [1.29, 1.82) is 0 Å². The van der Waals surface area contributed by atoms with E-state index in [1.54, 1.807) is 13.1 Å². The Bertz CT molecular complexity index is 259. The number of Topliss-reactive ketones (excluding diaryl/α,β-unsaturated/α-hetero) is 1. The van der Waals surface area contributed by atoms with E-state index in [9.17, 15) is 9.59 Å². The highest BCUT2D eigenvalue weighted by molar-refractivity contribution is 5.95. The van der Waals surface area contributed by atoms with Crippen molar-refractivity contribution in [3.05, 3.63) is 11.8 Å². The number of allylic oxidation sites excluding steroid dienone is 1. The maximum absolute atomic E-state index is 11.6. The Morgan fingerprint density at radius 2 is 1.94 bits per heavy atom. The first-order chi connectivity index (χ1) is 7.65. The lowest BCUT2D eigenvalue weighted by atomic mass is 10.1. The van der Waals surface area contributed by atoms with E-state index in [0.29, 0.717) is 19.4 Å². The van der Waals surface area contributed by atoms with Crippen molar-refractivity contribution in [3.63, 3.8) is 0 Å². The molecule has 0 saturated carbocycles. The maximum Gasteiger partial charge on any atom is 0.325 e. The monoisotopic (exact) mass is 227 g/mol. The number of hydrogen-bond donors (Lipinski definition) is 1. The van der Waals surface area contributed by atoms with Crippen LogP contribution in [0.4, 0.5) is 0 Å². The molecule has 0 radical (unpaired) electrons. The molecule has 0 rings (SSSR count). The average Bonchev–Trinajstić information content (AvgIpc) is 2.25. The third-order valence-electron chi connectivity index (χ3n) is 2.04. The molecule has 0 spiro atoms. The molecule has 0 aromatic heterocycles. The highest BCUT2D eigenvalue weighted by Crippen LogP contribution is 2.05. The van der Waals surface area contributed by atoms with Crippen LogP contribution < -0.4 is 5.32 Å². The molecule has 0 aromatic carbocycles. The fourth-order valence-electron chi connectivity index (χ4n) is 1.24. The number of nitrogens with one attached hydrogen (secondary N) is 1. The first kappa shape index (κ1) is 14.7. The van der Waals surface area contributed by atoms with Gasteiger partial charge in [0, 0.05) is 18.2 Å². The fraction of sp³-hybridized carbons (Fsp3) is 0.667. The summed E-state index contributed by atoms with van der Waals surface area (Å²) in [5, 5.41) is 2.80. The zero-order chi connectivity index (χ0) is 12.4. The number of hydrogen-bond acceptors (Lipinski definition) is 4. The zero-order valence-corrected chi connectivity index (χ0v) is 10.3. The van der Waals surface area contributed by atoms with Crippen LogP contribution in [0.5, 0.6) is 0 Å². The number of esters is 1. The Kier molecular flexibility index (Phi) is 8.21. The van der Waals surface area contributed by atoms with Crippen molar-refractivity contribution < 1.29 is 14.3 Å². The van der Waals surface area contributed by atoms with E-state index in [1.165, 1.54) is 0 Å². The lowest BCUT2D eigenvalue weighted by molar-refractivity contribution is -0.141. The van der Waals surface area contributed by atoms with Gasteiger partial charge in [-0.25, -0.2) is 0 Å². The molecule has 0 heterocycles. The molecular formula is C12H21NO3. The van der Waals surface area contributed by atoms with Crippen molar-refractivity contribution in [3.8, 4) is 0 Å². The number of rotatable bonds is 8. The van der Waals surface area contributed by atoms with Crippen molar-refractivity contribution in [2.75, 3.05) is 13.2 Å². The van der Waals surface area contributed by atoms with Crippen molar-refractivity contribution >= 4 is 11.8 Å². The summed E-state index contributed by atoms with van der Waals surface area (Å²) in [5.41, 5.74) is 0.728. The molecule has 0 aliphatic heterocycles. The highest BCUT2D eigenvalue weighted by Gasteiger charge is 2.06. The Labute approximate surface area is 97.1 Å². The zero-order valence-electron chi connectivity index (χ0n) is 10.3. The molecule has 0 fully saturated rings. The maximum atomic E-state index is 11.6. The van der Waals surface area contributed by atoms with Crippen LogP contribution in [0.15, 0.2) is 11.8 Å². The van der Waals surface area contributed by atoms with Crippen LogP contribution >= 0.6 is 0 Å². The number of ketones is 1. The summed E-state index contributed by atoms with van der Waals surface area (Å²) in [6.45, 7) is 6.13. The van der Waals surface area contributed by atoms with E-state index in [-0.39, 0.29) is 18.3 Å². The molecule has 4 nitrogen and oxygen atoms in total.